The molecule has 1 aromatic carbocycles. The molecule has 0 aliphatic heterocycles. The van der Waals surface area contributed by atoms with Gasteiger partial charge in [0.2, 0.25) is 0 Å². The number of thioether (sulfide) groups is 1. The minimum Gasteiger partial charge on any atom is -0.497 e. The second-order valence-corrected chi connectivity index (χ2v) is 5.75. The molecule has 5 heteroatoms. The maximum absolute atomic E-state index is 5.23. The van der Waals surface area contributed by atoms with E-state index in [1.165, 1.54) is 0 Å². The first-order valence-electron chi connectivity index (χ1n) is 7.06. The summed E-state index contributed by atoms with van der Waals surface area (Å²) >= 11 is 1.71. The SMILES string of the molecule is CCCNc1cc(C)nc(CSc2cccc(OC)c2)n1. The van der Waals surface area contributed by atoms with E-state index in [-0.39, 0.29) is 0 Å². The van der Waals surface area contributed by atoms with Crippen LogP contribution in [-0.2, 0) is 5.75 Å². The lowest BCUT2D eigenvalue weighted by atomic mass is 10.3. The third-order valence-electron chi connectivity index (χ3n) is 2.87. The van der Waals surface area contributed by atoms with E-state index in [4.69, 9.17) is 4.74 Å². The number of hydrogen-bond acceptors (Lipinski definition) is 5. The molecular formula is C16H21N3OS. The molecule has 0 amide bonds. The van der Waals surface area contributed by atoms with Gasteiger partial charge in [0.25, 0.3) is 0 Å². The van der Waals surface area contributed by atoms with Crippen LogP contribution < -0.4 is 10.1 Å². The van der Waals surface area contributed by atoms with Gasteiger partial charge in [-0.25, -0.2) is 9.97 Å². The summed E-state index contributed by atoms with van der Waals surface area (Å²) in [6, 6.07) is 10.0. The van der Waals surface area contributed by atoms with Crippen LogP contribution in [0.15, 0.2) is 35.2 Å². The highest BCUT2D eigenvalue weighted by atomic mass is 32.2. The average Bonchev–Trinajstić information content (AvgIpc) is 2.50. The Hall–Kier alpha value is -1.75. The molecule has 0 bridgehead atoms. The second kappa shape index (κ2) is 7.88. The number of nitrogens with one attached hydrogen (secondary N) is 1. The van der Waals surface area contributed by atoms with Crippen LogP contribution in [0.5, 0.6) is 5.75 Å². The molecule has 0 aliphatic carbocycles. The summed E-state index contributed by atoms with van der Waals surface area (Å²) in [5.41, 5.74) is 0.991. The van der Waals surface area contributed by atoms with Crippen molar-refractivity contribution >= 4 is 17.6 Å². The molecule has 112 valence electrons. The average molecular weight is 303 g/mol. The van der Waals surface area contributed by atoms with E-state index in [2.05, 4.69) is 28.3 Å². The maximum atomic E-state index is 5.23. The standard InChI is InChI=1S/C16H21N3OS/c1-4-8-17-15-9-12(2)18-16(19-15)11-21-14-7-5-6-13(10-14)20-3/h5-7,9-10H,4,8,11H2,1-3H3,(H,17,18,19). The van der Waals surface area contributed by atoms with Crippen LogP contribution in [0, 0.1) is 6.92 Å². The predicted molar refractivity (Wildman–Crippen MR) is 88.1 cm³/mol. The van der Waals surface area contributed by atoms with Crippen molar-refractivity contribution in [3.05, 3.63) is 41.9 Å². The minimum absolute atomic E-state index is 0.746. The second-order valence-electron chi connectivity index (χ2n) is 4.71. The Morgan fingerprint density at radius 2 is 2.10 bits per heavy atom. The number of aryl methyl sites for hydroxylation is 1. The Labute approximate surface area is 130 Å². The van der Waals surface area contributed by atoms with Gasteiger partial charge in [-0.1, -0.05) is 13.0 Å². The first-order chi connectivity index (χ1) is 10.2. The first-order valence-corrected chi connectivity index (χ1v) is 8.05. The fraction of sp³-hybridized carbons (Fsp3) is 0.375. The lowest BCUT2D eigenvalue weighted by Gasteiger charge is -2.08. The molecule has 1 aromatic heterocycles. The number of ether oxygens (including phenoxy) is 1. The van der Waals surface area contributed by atoms with Crippen LogP contribution in [0.3, 0.4) is 0 Å². The highest BCUT2D eigenvalue weighted by molar-refractivity contribution is 7.98. The molecule has 0 unspecified atom stereocenters. The van der Waals surface area contributed by atoms with Gasteiger partial charge in [-0.2, -0.15) is 0 Å². The van der Waals surface area contributed by atoms with E-state index in [0.29, 0.717) is 0 Å². The summed E-state index contributed by atoms with van der Waals surface area (Å²) in [6.45, 7) is 5.07. The summed E-state index contributed by atoms with van der Waals surface area (Å²) in [5, 5.41) is 3.31. The van der Waals surface area contributed by atoms with Crippen molar-refractivity contribution < 1.29 is 4.74 Å². The molecule has 21 heavy (non-hydrogen) atoms. The van der Waals surface area contributed by atoms with E-state index >= 15 is 0 Å². The van der Waals surface area contributed by atoms with Crippen LogP contribution in [0.2, 0.25) is 0 Å². The predicted octanol–water partition coefficient (Wildman–Crippen LogP) is 3.91. The van der Waals surface area contributed by atoms with Gasteiger partial charge in [0.1, 0.15) is 17.4 Å². The first kappa shape index (κ1) is 15.6. The summed E-state index contributed by atoms with van der Waals surface area (Å²) in [6.07, 6.45) is 1.08. The van der Waals surface area contributed by atoms with Crippen LogP contribution in [0.4, 0.5) is 5.82 Å². The van der Waals surface area contributed by atoms with Crippen molar-refractivity contribution in [1.29, 1.82) is 0 Å². The summed E-state index contributed by atoms with van der Waals surface area (Å²) < 4.78 is 5.23. The Morgan fingerprint density at radius 3 is 2.86 bits per heavy atom. The quantitative estimate of drug-likeness (QED) is 0.786. The molecule has 2 aromatic rings. The maximum Gasteiger partial charge on any atom is 0.141 e. The van der Waals surface area contributed by atoms with Crippen molar-refractivity contribution in [3.8, 4) is 5.75 Å². The van der Waals surface area contributed by atoms with Crippen LogP contribution in [0.1, 0.15) is 24.9 Å². The van der Waals surface area contributed by atoms with Gasteiger partial charge in [-0.05, 0) is 31.5 Å². The van der Waals surface area contributed by atoms with E-state index in [1.807, 2.05) is 31.2 Å². The van der Waals surface area contributed by atoms with Crippen molar-refractivity contribution in [1.82, 2.24) is 9.97 Å². The number of methoxy groups -OCH3 is 1. The van der Waals surface area contributed by atoms with Gasteiger partial charge in [-0.15, -0.1) is 11.8 Å². The molecule has 0 spiro atoms. The van der Waals surface area contributed by atoms with Crippen LogP contribution in [-0.4, -0.2) is 23.6 Å². The lowest BCUT2D eigenvalue weighted by molar-refractivity contribution is 0.413. The number of hydrogen-bond donors (Lipinski definition) is 1. The molecule has 2 rings (SSSR count). The number of benzene rings is 1. The Bertz CT molecular complexity index is 589. The Morgan fingerprint density at radius 1 is 1.24 bits per heavy atom. The molecule has 0 radical (unpaired) electrons. The van der Waals surface area contributed by atoms with E-state index in [0.717, 1.165) is 46.7 Å². The third-order valence-corrected chi connectivity index (χ3v) is 3.86. The van der Waals surface area contributed by atoms with Crippen molar-refractivity contribution in [3.63, 3.8) is 0 Å². The van der Waals surface area contributed by atoms with E-state index in [1.54, 1.807) is 18.9 Å². The molecule has 0 fully saturated rings. The molecule has 0 aliphatic rings. The largest absolute Gasteiger partial charge is 0.497 e. The van der Waals surface area contributed by atoms with Gasteiger partial charge in [0.05, 0.1) is 12.9 Å². The van der Waals surface area contributed by atoms with Gasteiger partial charge in [0.15, 0.2) is 0 Å². The zero-order chi connectivity index (χ0) is 15.1. The summed E-state index contributed by atoms with van der Waals surface area (Å²) in [5.74, 6) is 3.37. The van der Waals surface area contributed by atoms with E-state index in [9.17, 15) is 0 Å². The molecule has 0 atom stereocenters. The zero-order valence-electron chi connectivity index (χ0n) is 12.7. The Balaban J connectivity index is 2.03. The highest BCUT2D eigenvalue weighted by Gasteiger charge is 2.04. The van der Waals surface area contributed by atoms with Crippen molar-refractivity contribution in [2.24, 2.45) is 0 Å². The topological polar surface area (TPSA) is 47.0 Å². The monoisotopic (exact) mass is 303 g/mol. The fourth-order valence-electron chi connectivity index (χ4n) is 1.88. The summed E-state index contributed by atoms with van der Waals surface area (Å²) in [4.78, 5) is 10.2. The van der Waals surface area contributed by atoms with Crippen molar-refractivity contribution in [2.45, 2.75) is 30.9 Å². The van der Waals surface area contributed by atoms with Gasteiger partial charge >= 0.3 is 0 Å². The molecule has 4 nitrogen and oxygen atoms in total. The number of anilines is 1. The normalized spacial score (nSPS) is 10.4. The van der Waals surface area contributed by atoms with Gasteiger partial charge < -0.3 is 10.1 Å². The highest BCUT2D eigenvalue weighted by Crippen LogP contribution is 2.25. The van der Waals surface area contributed by atoms with E-state index < -0.39 is 0 Å². The smallest absolute Gasteiger partial charge is 0.141 e. The molecule has 0 saturated carbocycles. The van der Waals surface area contributed by atoms with Gasteiger partial charge in [-0.3, -0.25) is 0 Å². The minimum atomic E-state index is 0.746. The number of nitrogens with zero attached hydrogens (tertiary/aromatic N) is 2. The lowest BCUT2D eigenvalue weighted by Crippen LogP contribution is -2.05. The molecule has 1 N–H and O–H groups in total. The fourth-order valence-corrected chi connectivity index (χ4v) is 2.68. The Kier molecular flexibility index (Phi) is 5.87. The van der Waals surface area contributed by atoms with Gasteiger partial charge in [0, 0.05) is 23.2 Å². The molecular weight excluding hydrogens is 282 g/mol. The number of aromatic nitrogens is 2. The third kappa shape index (κ3) is 4.93. The molecule has 1 heterocycles. The zero-order valence-corrected chi connectivity index (χ0v) is 13.5. The van der Waals surface area contributed by atoms with Crippen molar-refractivity contribution in [2.75, 3.05) is 19.0 Å². The van der Waals surface area contributed by atoms with Crippen LogP contribution >= 0.6 is 11.8 Å². The molecule has 0 saturated heterocycles. The number of rotatable bonds is 7. The van der Waals surface area contributed by atoms with Crippen LogP contribution in [0.25, 0.3) is 0 Å². The summed E-state index contributed by atoms with van der Waals surface area (Å²) in [7, 11) is 1.68.